The maximum absolute atomic E-state index is 14.5. The maximum Gasteiger partial charge on any atom is 0.259 e. The zero-order valence-electron chi connectivity index (χ0n) is 20.6. The van der Waals surface area contributed by atoms with Gasteiger partial charge in [-0.1, -0.05) is 26.0 Å². The normalized spacial score (nSPS) is 13.5. The highest BCUT2D eigenvalue weighted by Gasteiger charge is 2.27. The van der Waals surface area contributed by atoms with Crippen LogP contribution in [0.5, 0.6) is 5.88 Å². The average Bonchev–Trinajstić information content (AvgIpc) is 3.16. The smallest absolute Gasteiger partial charge is 0.259 e. The van der Waals surface area contributed by atoms with Crippen LogP contribution >= 0.6 is 11.3 Å². The maximum atomic E-state index is 14.5. The molecule has 1 atom stereocenters. The Bertz CT molecular complexity index is 1380. The summed E-state index contributed by atoms with van der Waals surface area (Å²) in [7, 11) is -2.33. The molecule has 35 heavy (non-hydrogen) atoms. The highest BCUT2D eigenvalue weighted by Crippen LogP contribution is 2.35. The Kier molecular flexibility index (Phi) is 7.80. The lowest BCUT2D eigenvalue weighted by atomic mass is 9.85. The first-order valence-corrected chi connectivity index (χ1v) is 13.4. The molecule has 3 aromatic rings. The van der Waals surface area contributed by atoms with Crippen LogP contribution in [0.4, 0.5) is 4.39 Å². The van der Waals surface area contributed by atoms with Gasteiger partial charge in [-0.15, -0.1) is 15.7 Å². The number of carbonyl (C=O) groups is 1. The van der Waals surface area contributed by atoms with Gasteiger partial charge >= 0.3 is 0 Å². The van der Waals surface area contributed by atoms with Gasteiger partial charge in [0.25, 0.3) is 5.91 Å². The predicted molar refractivity (Wildman–Crippen MR) is 136 cm³/mol. The number of pyridine rings is 1. The zero-order valence-corrected chi connectivity index (χ0v) is 22.2. The topological polar surface area (TPSA) is 115 Å². The van der Waals surface area contributed by atoms with Crippen LogP contribution in [0.15, 0.2) is 45.1 Å². The number of methoxy groups -OCH3 is 1. The molecule has 7 nitrogen and oxygen atoms in total. The van der Waals surface area contributed by atoms with E-state index in [9.17, 15) is 18.5 Å². The summed E-state index contributed by atoms with van der Waals surface area (Å²) < 4.78 is 36.3. The number of nitrogens with two attached hydrogens (primary N) is 1. The number of hydrogen-bond donors (Lipinski definition) is 2. The standard InChI is InChI=1S/C25H30FN3O4S2/c1-14(2)23-15(3)7-8-17(16-9-10-28-22(11-16)33-6)18(23)12-21(30)29-35(27,32)24-19(26)13-20(34-24)25(4,5)31/h7-11,13-14,31H,12H2,1-6H3,(H2,27,29,30,32). The van der Waals surface area contributed by atoms with Crippen LogP contribution in [0, 0.1) is 12.7 Å². The number of ether oxygens (including phenoxy) is 1. The van der Waals surface area contributed by atoms with Crippen molar-refractivity contribution in [3.63, 3.8) is 0 Å². The second-order valence-electron chi connectivity index (χ2n) is 9.10. The molecular weight excluding hydrogens is 489 g/mol. The van der Waals surface area contributed by atoms with Crippen LogP contribution in [0.1, 0.15) is 55.2 Å². The number of rotatable bonds is 7. The molecule has 0 bridgehead atoms. The van der Waals surface area contributed by atoms with E-state index in [2.05, 4.69) is 9.35 Å². The molecule has 0 fully saturated rings. The lowest BCUT2D eigenvalue weighted by Crippen LogP contribution is -2.17. The molecule has 3 rings (SSSR count). The summed E-state index contributed by atoms with van der Waals surface area (Å²) in [5.41, 5.74) is 2.93. The summed E-state index contributed by atoms with van der Waals surface area (Å²) in [6, 6.07) is 8.54. The average molecular weight is 520 g/mol. The second kappa shape index (κ2) is 10.1. The number of halogens is 1. The van der Waals surface area contributed by atoms with E-state index in [0.717, 1.165) is 45.2 Å². The van der Waals surface area contributed by atoms with Crippen molar-refractivity contribution in [3.8, 4) is 17.0 Å². The number of nitrogens with zero attached hydrogens (tertiary/aromatic N) is 2. The predicted octanol–water partition coefficient (Wildman–Crippen LogP) is 5.09. The number of hydrogen-bond acceptors (Lipinski definition) is 6. The molecule has 0 saturated carbocycles. The highest BCUT2D eigenvalue weighted by atomic mass is 32.2. The van der Waals surface area contributed by atoms with Gasteiger partial charge in [-0.2, -0.15) is 0 Å². The molecule has 2 heterocycles. The molecule has 0 radical (unpaired) electrons. The Labute approximate surface area is 209 Å². The van der Waals surface area contributed by atoms with Gasteiger partial charge in [0, 0.05) is 17.1 Å². The molecule has 10 heteroatoms. The molecule has 0 spiro atoms. The number of aryl methyl sites for hydroxylation is 1. The summed E-state index contributed by atoms with van der Waals surface area (Å²) in [6.45, 7) is 8.96. The van der Waals surface area contributed by atoms with Crippen molar-refractivity contribution in [2.75, 3.05) is 7.11 Å². The minimum atomic E-state index is -3.85. The molecule has 1 aromatic carbocycles. The summed E-state index contributed by atoms with van der Waals surface area (Å²) in [4.78, 5) is 17.5. The Morgan fingerprint density at radius 3 is 2.57 bits per heavy atom. The van der Waals surface area contributed by atoms with E-state index in [4.69, 9.17) is 9.88 Å². The molecular formula is C25H30FN3O4S2. The molecule has 0 aliphatic carbocycles. The van der Waals surface area contributed by atoms with E-state index in [1.165, 1.54) is 21.0 Å². The van der Waals surface area contributed by atoms with E-state index in [-0.39, 0.29) is 21.4 Å². The summed E-state index contributed by atoms with van der Waals surface area (Å²) >= 11 is 0.744. The first-order valence-electron chi connectivity index (χ1n) is 11.0. The number of benzene rings is 1. The molecule has 188 valence electrons. The number of aromatic nitrogens is 1. The van der Waals surface area contributed by atoms with Crippen LogP contribution in [0.25, 0.3) is 11.1 Å². The van der Waals surface area contributed by atoms with Gasteiger partial charge in [0.15, 0.2) is 19.9 Å². The fourth-order valence-electron chi connectivity index (χ4n) is 3.96. The number of thiophene rings is 1. The Hall–Kier alpha value is -2.66. The van der Waals surface area contributed by atoms with Crippen molar-refractivity contribution >= 4 is 27.2 Å². The van der Waals surface area contributed by atoms with Crippen LogP contribution < -0.4 is 9.88 Å². The van der Waals surface area contributed by atoms with Gasteiger partial charge in [-0.3, -0.25) is 4.79 Å². The SMILES string of the molecule is COc1cc(-c2ccc(C)c(C(C)C)c2CC(=O)N=S(N)(=O)c2sc(C(C)(C)O)cc2F)ccn1. The zero-order chi connectivity index (χ0) is 26.1. The third-order valence-corrected chi connectivity index (χ3v) is 8.88. The highest BCUT2D eigenvalue weighted by molar-refractivity contribution is 7.93. The molecule has 3 N–H and O–H groups in total. The lowest BCUT2D eigenvalue weighted by Gasteiger charge is -2.20. The van der Waals surface area contributed by atoms with Gasteiger partial charge in [0.2, 0.25) is 5.88 Å². The fraction of sp³-hybridized carbons (Fsp3) is 0.360. The first kappa shape index (κ1) is 26.9. The number of carbonyl (C=O) groups excluding carboxylic acids is 1. The fourth-order valence-corrected chi connectivity index (χ4v) is 6.38. The van der Waals surface area contributed by atoms with Gasteiger partial charge < -0.3 is 9.84 Å². The third kappa shape index (κ3) is 5.95. The lowest BCUT2D eigenvalue weighted by molar-refractivity contribution is -0.117. The molecule has 1 amide bonds. The quantitative estimate of drug-likeness (QED) is 0.451. The minimum Gasteiger partial charge on any atom is -0.481 e. The van der Waals surface area contributed by atoms with Crippen LogP contribution in [0.2, 0.25) is 0 Å². The van der Waals surface area contributed by atoms with E-state index in [0.29, 0.717) is 5.88 Å². The van der Waals surface area contributed by atoms with Crippen molar-refractivity contribution in [2.45, 2.75) is 56.8 Å². The second-order valence-corrected chi connectivity index (χ2v) is 12.1. The van der Waals surface area contributed by atoms with Crippen LogP contribution in [-0.4, -0.2) is 27.3 Å². The van der Waals surface area contributed by atoms with E-state index >= 15 is 0 Å². The van der Waals surface area contributed by atoms with Crippen molar-refractivity contribution in [2.24, 2.45) is 9.50 Å². The summed E-state index contributed by atoms with van der Waals surface area (Å²) in [5.74, 6) is -1.08. The van der Waals surface area contributed by atoms with Gasteiger partial charge in [0.05, 0.1) is 19.1 Å². The number of aliphatic hydroxyl groups is 1. The van der Waals surface area contributed by atoms with Crippen molar-refractivity contribution < 1.29 is 23.2 Å². The Morgan fingerprint density at radius 2 is 2.00 bits per heavy atom. The third-order valence-electron chi connectivity index (χ3n) is 5.50. The largest absolute Gasteiger partial charge is 0.481 e. The molecule has 0 aliphatic heterocycles. The Balaban J connectivity index is 2.10. The first-order chi connectivity index (χ1) is 16.2. The van der Waals surface area contributed by atoms with E-state index in [1.54, 1.807) is 12.3 Å². The van der Waals surface area contributed by atoms with Crippen LogP contribution in [0.3, 0.4) is 0 Å². The molecule has 1 unspecified atom stereocenters. The van der Waals surface area contributed by atoms with Crippen molar-refractivity contribution in [3.05, 3.63) is 63.9 Å². The molecule has 2 aromatic heterocycles. The minimum absolute atomic E-state index is 0.0906. The molecule has 0 aliphatic rings. The van der Waals surface area contributed by atoms with Crippen LogP contribution in [-0.2, 0) is 26.7 Å². The van der Waals surface area contributed by atoms with Crippen molar-refractivity contribution in [1.82, 2.24) is 4.98 Å². The summed E-state index contributed by atoms with van der Waals surface area (Å²) in [5, 5.41) is 16.0. The Morgan fingerprint density at radius 1 is 1.31 bits per heavy atom. The van der Waals surface area contributed by atoms with Crippen molar-refractivity contribution in [1.29, 1.82) is 0 Å². The van der Waals surface area contributed by atoms with Gasteiger partial charge in [-0.25, -0.2) is 18.7 Å². The van der Waals surface area contributed by atoms with Gasteiger partial charge in [0.1, 0.15) is 0 Å². The van der Waals surface area contributed by atoms with E-state index in [1.807, 2.05) is 39.0 Å². The van der Waals surface area contributed by atoms with E-state index < -0.39 is 27.2 Å². The number of amides is 1. The summed E-state index contributed by atoms with van der Waals surface area (Å²) in [6.07, 6.45) is 1.44. The monoisotopic (exact) mass is 519 g/mol. The molecule has 0 saturated heterocycles. The van der Waals surface area contributed by atoms with Gasteiger partial charge in [-0.05, 0) is 66.6 Å².